The van der Waals surface area contributed by atoms with Crippen molar-refractivity contribution in [2.24, 2.45) is 0 Å². The molecule has 0 spiro atoms. The monoisotopic (exact) mass is 283 g/mol. The van der Waals surface area contributed by atoms with Gasteiger partial charge >= 0.3 is 0 Å². The SMILES string of the molecule is CSC1(CNCc2ccc(O)c(F)c2)CCCCC1. The van der Waals surface area contributed by atoms with Gasteiger partial charge in [0.1, 0.15) is 0 Å². The highest BCUT2D eigenvalue weighted by Gasteiger charge is 2.30. The van der Waals surface area contributed by atoms with Crippen LogP contribution in [0, 0.1) is 5.82 Å². The summed E-state index contributed by atoms with van der Waals surface area (Å²) in [5.41, 5.74) is 0.877. The second-order valence-electron chi connectivity index (χ2n) is 5.34. The highest BCUT2D eigenvalue weighted by Crippen LogP contribution is 2.38. The third-order valence-corrected chi connectivity index (χ3v) is 5.40. The number of phenols is 1. The topological polar surface area (TPSA) is 32.3 Å². The largest absolute Gasteiger partial charge is 0.505 e. The van der Waals surface area contributed by atoms with Crippen molar-refractivity contribution in [3.63, 3.8) is 0 Å². The van der Waals surface area contributed by atoms with Crippen molar-refractivity contribution in [3.8, 4) is 5.75 Å². The molecule has 19 heavy (non-hydrogen) atoms. The van der Waals surface area contributed by atoms with Gasteiger partial charge in [-0.1, -0.05) is 25.3 Å². The van der Waals surface area contributed by atoms with Crippen molar-refractivity contribution >= 4 is 11.8 Å². The molecule has 1 aromatic carbocycles. The fourth-order valence-electron chi connectivity index (χ4n) is 2.74. The maximum absolute atomic E-state index is 13.2. The van der Waals surface area contributed by atoms with Gasteiger partial charge in [-0.25, -0.2) is 4.39 Å². The molecule has 0 amide bonds. The highest BCUT2D eigenvalue weighted by atomic mass is 32.2. The molecule has 2 nitrogen and oxygen atoms in total. The smallest absolute Gasteiger partial charge is 0.165 e. The lowest BCUT2D eigenvalue weighted by molar-refractivity contribution is 0.379. The van der Waals surface area contributed by atoms with Crippen molar-refractivity contribution in [2.75, 3.05) is 12.8 Å². The van der Waals surface area contributed by atoms with E-state index in [1.807, 2.05) is 11.8 Å². The molecule has 2 rings (SSSR count). The number of rotatable bonds is 5. The number of halogens is 1. The van der Waals surface area contributed by atoms with E-state index in [-0.39, 0.29) is 5.75 Å². The van der Waals surface area contributed by atoms with Gasteiger partial charge in [0.15, 0.2) is 11.6 Å². The molecule has 106 valence electrons. The maximum Gasteiger partial charge on any atom is 0.165 e. The number of hydrogen-bond acceptors (Lipinski definition) is 3. The lowest BCUT2D eigenvalue weighted by Gasteiger charge is -2.36. The van der Waals surface area contributed by atoms with Gasteiger partial charge in [0.05, 0.1) is 0 Å². The molecule has 0 aromatic heterocycles. The van der Waals surface area contributed by atoms with Gasteiger partial charge in [0.2, 0.25) is 0 Å². The minimum atomic E-state index is -0.545. The van der Waals surface area contributed by atoms with Crippen molar-refractivity contribution in [3.05, 3.63) is 29.6 Å². The highest BCUT2D eigenvalue weighted by molar-refractivity contribution is 8.00. The molecular weight excluding hydrogens is 261 g/mol. The van der Waals surface area contributed by atoms with E-state index < -0.39 is 5.82 Å². The van der Waals surface area contributed by atoms with Crippen molar-refractivity contribution in [2.45, 2.75) is 43.4 Å². The summed E-state index contributed by atoms with van der Waals surface area (Å²) in [5, 5.41) is 12.6. The van der Waals surface area contributed by atoms with Gasteiger partial charge in [0.25, 0.3) is 0 Å². The molecule has 0 aliphatic heterocycles. The summed E-state index contributed by atoms with van der Waals surface area (Å²) in [6.45, 7) is 1.62. The van der Waals surface area contributed by atoms with Gasteiger partial charge in [-0.05, 0) is 36.8 Å². The fraction of sp³-hybridized carbons (Fsp3) is 0.600. The van der Waals surface area contributed by atoms with E-state index in [9.17, 15) is 4.39 Å². The number of benzene rings is 1. The van der Waals surface area contributed by atoms with Gasteiger partial charge in [-0.3, -0.25) is 0 Å². The van der Waals surface area contributed by atoms with Crippen molar-refractivity contribution in [1.82, 2.24) is 5.32 Å². The predicted molar refractivity (Wildman–Crippen MR) is 79.1 cm³/mol. The quantitative estimate of drug-likeness (QED) is 0.864. The zero-order chi connectivity index (χ0) is 13.7. The summed E-state index contributed by atoms with van der Waals surface area (Å²) in [6, 6.07) is 4.57. The second-order valence-corrected chi connectivity index (χ2v) is 6.61. The maximum atomic E-state index is 13.2. The first-order valence-electron chi connectivity index (χ1n) is 6.88. The molecule has 1 aromatic rings. The van der Waals surface area contributed by atoms with E-state index in [2.05, 4.69) is 11.6 Å². The van der Waals surface area contributed by atoms with Crippen LogP contribution in [-0.2, 0) is 6.54 Å². The second kappa shape index (κ2) is 6.62. The van der Waals surface area contributed by atoms with Crippen molar-refractivity contribution < 1.29 is 9.50 Å². The number of phenolic OH excluding ortho intramolecular Hbond substituents is 1. The Kier molecular flexibility index (Phi) is 5.11. The summed E-state index contributed by atoms with van der Waals surface area (Å²) >= 11 is 1.96. The third kappa shape index (κ3) is 3.86. The first kappa shape index (κ1) is 14.7. The Morgan fingerprint density at radius 1 is 1.32 bits per heavy atom. The van der Waals surface area contributed by atoms with E-state index in [1.54, 1.807) is 6.07 Å². The van der Waals surface area contributed by atoms with Crippen LogP contribution in [0.3, 0.4) is 0 Å². The van der Waals surface area contributed by atoms with E-state index in [4.69, 9.17) is 5.11 Å². The van der Waals surface area contributed by atoms with Crippen LogP contribution in [0.5, 0.6) is 5.75 Å². The lowest BCUT2D eigenvalue weighted by Crippen LogP contribution is -2.39. The van der Waals surface area contributed by atoms with E-state index in [0.717, 1.165) is 12.1 Å². The first-order chi connectivity index (χ1) is 9.15. The van der Waals surface area contributed by atoms with E-state index >= 15 is 0 Å². The molecular formula is C15H22FNOS. The normalized spacial score (nSPS) is 18.4. The van der Waals surface area contributed by atoms with Crippen LogP contribution in [0.4, 0.5) is 4.39 Å². The third-order valence-electron chi connectivity index (χ3n) is 3.99. The standard InChI is InChI=1S/C15H22FNOS/c1-19-15(7-3-2-4-8-15)11-17-10-12-5-6-14(18)13(16)9-12/h5-6,9,17-18H,2-4,7-8,10-11H2,1H3. The molecule has 0 bridgehead atoms. The molecule has 1 saturated carbocycles. The number of nitrogens with one attached hydrogen (secondary N) is 1. The number of aromatic hydroxyl groups is 1. The Hall–Kier alpha value is -0.740. The summed E-state index contributed by atoms with van der Waals surface area (Å²) in [5.74, 6) is -0.826. The van der Waals surface area contributed by atoms with Crippen LogP contribution in [0.25, 0.3) is 0 Å². The average molecular weight is 283 g/mol. The van der Waals surface area contributed by atoms with E-state index in [1.165, 1.54) is 44.2 Å². The van der Waals surface area contributed by atoms with Gasteiger partial charge in [0, 0.05) is 17.8 Å². The van der Waals surface area contributed by atoms with Gasteiger partial charge in [-0.15, -0.1) is 0 Å². The average Bonchev–Trinajstić information content (AvgIpc) is 2.44. The minimum absolute atomic E-state index is 0.281. The zero-order valence-corrected chi connectivity index (χ0v) is 12.2. The Morgan fingerprint density at radius 3 is 2.68 bits per heavy atom. The summed E-state index contributed by atoms with van der Waals surface area (Å²) in [4.78, 5) is 0. The number of thioether (sulfide) groups is 1. The van der Waals surface area contributed by atoms with Crippen LogP contribution < -0.4 is 5.32 Å². The van der Waals surface area contributed by atoms with Crippen LogP contribution in [0.2, 0.25) is 0 Å². The Labute approximate surface area is 118 Å². The molecule has 0 heterocycles. The molecule has 0 unspecified atom stereocenters. The van der Waals surface area contributed by atoms with E-state index in [0.29, 0.717) is 11.3 Å². The zero-order valence-electron chi connectivity index (χ0n) is 11.4. The molecule has 1 aliphatic carbocycles. The van der Waals surface area contributed by atoms with Crippen LogP contribution in [-0.4, -0.2) is 22.7 Å². The molecule has 1 aliphatic rings. The Morgan fingerprint density at radius 2 is 2.05 bits per heavy atom. The van der Waals surface area contributed by atoms with Crippen LogP contribution in [0.1, 0.15) is 37.7 Å². The summed E-state index contributed by atoms with van der Waals surface area (Å²) in [7, 11) is 0. The Balaban J connectivity index is 1.86. The summed E-state index contributed by atoms with van der Waals surface area (Å²) in [6.07, 6.45) is 8.71. The summed E-state index contributed by atoms with van der Waals surface area (Å²) < 4.78 is 13.6. The number of hydrogen-bond donors (Lipinski definition) is 2. The molecule has 4 heteroatoms. The lowest BCUT2D eigenvalue weighted by atomic mass is 9.88. The molecule has 1 fully saturated rings. The molecule has 0 saturated heterocycles. The first-order valence-corrected chi connectivity index (χ1v) is 8.11. The van der Waals surface area contributed by atoms with Gasteiger partial charge in [-0.2, -0.15) is 11.8 Å². The fourth-order valence-corrected chi connectivity index (χ4v) is 3.69. The van der Waals surface area contributed by atoms with Crippen LogP contribution in [0.15, 0.2) is 18.2 Å². The molecule has 0 atom stereocenters. The van der Waals surface area contributed by atoms with Gasteiger partial charge < -0.3 is 10.4 Å². The Bertz CT molecular complexity index is 419. The minimum Gasteiger partial charge on any atom is -0.505 e. The van der Waals surface area contributed by atoms with Crippen LogP contribution >= 0.6 is 11.8 Å². The van der Waals surface area contributed by atoms with Crippen molar-refractivity contribution in [1.29, 1.82) is 0 Å². The predicted octanol–water partition coefficient (Wildman–Crippen LogP) is 3.69. The molecule has 0 radical (unpaired) electrons. The molecule has 2 N–H and O–H groups in total.